The molecule has 27 heavy (non-hydrogen) atoms. The molecule has 1 aliphatic rings. The van der Waals surface area contributed by atoms with Crippen LogP contribution in [0, 0.1) is 6.92 Å². The highest BCUT2D eigenvalue weighted by Crippen LogP contribution is 2.25. The monoisotopic (exact) mass is 388 g/mol. The lowest BCUT2D eigenvalue weighted by molar-refractivity contribution is 0.411. The van der Waals surface area contributed by atoms with Gasteiger partial charge >= 0.3 is 0 Å². The number of benzene rings is 2. The smallest absolute Gasteiger partial charge is 0.261 e. The first-order valence-corrected chi connectivity index (χ1v) is 11.0. The lowest BCUT2D eigenvalue weighted by Gasteiger charge is -2.18. The van der Waals surface area contributed by atoms with Crippen LogP contribution in [0.1, 0.15) is 44.1 Å². The highest BCUT2D eigenvalue weighted by Gasteiger charge is 2.16. The molecule has 0 aliphatic heterocycles. The van der Waals surface area contributed by atoms with Crippen LogP contribution in [-0.4, -0.2) is 21.6 Å². The van der Waals surface area contributed by atoms with Gasteiger partial charge in [-0.3, -0.25) is 4.72 Å². The van der Waals surface area contributed by atoms with Crippen molar-refractivity contribution in [2.75, 3.05) is 17.1 Å². The van der Waals surface area contributed by atoms with Gasteiger partial charge in [0.2, 0.25) is 0 Å². The van der Waals surface area contributed by atoms with Crippen molar-refractivity contribution in [1.82, 2.24) is 0 Å². The van der Waals surface area contributed by atoms with E-state index in [4.69, 9.17) is 4.74 Å². The number of aryl methyl sites for hydroxylation is 1. The Bertz CT molecular complexity index is 855. The van der Waals surface area contributed by atoms with Crippen LogP contribution in [0.2, 0.25) is 0 Å². The summed E-state index contributed by atoms with van der Waals surface area (Å²) in [6, 6.07) is 12.8. The molecular formula is C21H28N2O3S. The Balaban J connectivity index is 1.67. The van der Waals surface area contributed by atoms with Gasteiger partial charge in [0, 0.05) is 17.4 Å². The van der Waals surface area contributed by atoms with Crippen molar-refractivity contribution >= 4 is 21.4 Å². The minimum Gasteiger partial charge on any atom is -0.496 e. The molecule has 0 aromatic heterocycles. The topological polar surface area (TPSA) is 67.4 Å². The Morgan fingerprint density at radius 3 is 2.15 bits per heavy atom. The van der Waals surface area contributed by atoms with Crippen molar-refractivity contribution in [3.05, 3.63) is 48.0 Å². The van der Waals surface area contributed by atoms with E-state index in [2.05, 4.69) is 10.0 Å². The molecule has 0 bridgehead atoms. The van der Waals surface area contributed by atoms with Crippen molar-refractivity contribution in [1.29, 1.82) is 0 Å². The number of hydrogen-bond donors (Lipinski definition) is 2. The maximum Gasteiger partial charge on any atom is 0.261 e. The fourth-order valence-corrected chi connectivity index (χ4v) is 4.67. The lowest BCUT2D eigenvalue weighted by Crippen LogP contribution is -2.18. The SMILES string of the molecule is COc1ccc(S(=O)(=O)Nc2ccc(NC3CCCCCC3)cc2)cc1C. The number of ether oxygens (including phenoxy) is 1. The van der Waals surface area contributed by atoms with Crippen molar-refractivity contribution in [2.24, 2.45) is 0 Å². The van der Waals surface area contributed by atoms with E-state index < -0.39 is 10.0 Å². The van der Waals surface area contributed by atoms with Crippen molar-refractivity contribution < 1.29 is 13.2 Å². The van der Waals surface area contributed by atoms with Crippen molar-refractivity contribution in [3.8, 4) is 5.75 Å². The molecule has 1 aliphatic carbocycles. The molecule has 1 fully saturated rings. The fraction of sp³-hybridized carbons (Fsp3) is 0.429. The number of nitrogens with one attached hydrogen (secondary N) is 2. The normalized spacial score (nSPS) is 15.8. The molecule has 0 amide bonds. The molecular weight excluding hydrogens is 360 g/mol. The van der Waals surface area contributed by atoms with Crippen LogP contribution in [-0.2, 0) is 10.0 Å². The second kappa shape index (κ2) is 8.65. The molecule has 3 rings (SSSR count). The lowest BCUT2D eigenvalue weighted by atomic mass is 10.1. The van der Waals surface area contributed by atoms with Gasteiger partial charge in [-0.1, -0.05) is 25.7 Å². The molecule has 0 heterocycles. The van der Waals surface area contributed by atoms with E-state index >= 15 is 0 Å². The van der Waals surface area contributed by atoms with Gasteiger partial charge in [0.1, 0.15) is 5.75 Å². The number of rotatable bonds is 6. The molecule has 0 saturated heterocycles. The predicted octanol–water partition coefficient (Wildman–Crippen LogP) is 4.94. The summed E-state index contributed by atoms with van der Waals surface area (Å²) in [6.07, 6.45) is 7.59. The van der Waals surface area contributed by atoms with Crippen LogP contribution < -0.4 is 14.8 Å². The van der Waals surface area contributed by atoms with Gasteiger partial charge in [-0.25, -0.2) is 8.42 Å². The molecule has 2 N–H and O–H groups in total. The van der Waals surface area contributed by atoms with E-state index in [1.807, 2.05) is 19.1 Å². The summed E-state index contributed by atoms with van der Waals surface area (Å²) >= 11 is 0. The molecule has 0 spiro atoms. The summed E-state index contributed by atoms with van der Waals surface area (Å²) in [4.78, 5) is 0.224. The zero-order valence-electron chi connectivity index (χ0n) is 16.0. The second-order valence-corrected chi connectivity index (χ2v) is 8.83. The van der Waals surface area contributed by atoms with E-state index in [0.717, 1.165) is 11.3 Å². The average Bonchev–Trinajstić information content (AvgIpc) is 2.92. The largest absolute Gasteiger partial charge is 0.496 e. The van der Waals surface area contributed by atoms with Gasteiger partial charge in [-0.15, -0.1) is 0 Å². The molecule has 6 heteroatoms. The first-order chi connectivity index (χ1) is 13.0. The molecule has 0 atom stereocenters. The molecule has 0 unspecified atom stereocenters. The third-order valence-corrected chi connectivity index (χ3v) is 6.42. The number of sulfonamides is 1. The summed E-state index contributed by atoms with van der Waals surface area (Å²) in [5, 5.41) is 3.57. The highest BCUT2D eigenvalue weighted by molar-refractivity contribution is 7.92. The minimum atomic E-state index is -3.63. The zero-order valence-corrected chi connectivity index (χ0v) is 16.8. The van der Waals surface area contributed by atoms with Gasteiger partial charge in [0.05, 0.1) is 12.0 Å². The summed E-state index contributed by atoms with van der Waals surface area (Å²) < 4.78 is 33.1. The molecule has 1 saturated carbocycles. The van der Waals surface area contributed by atoms with Crippen LogP contribution in [0.15, 0.2) is 47.4 Å². The molecule has 146 valence electrons. The highest BCUT2D eigenvalue weighted by atomic mass is 32.2. The van der Waals surface area contributed by atoms with Gasteiger partial charge in [0.25, 0.3) is 10.0 Å². The van der Waals surface area contributed by atoms with E-state index in [1.165, 1.54) is 38.5 Å². The Kier molecular flexibility index (Phi) is 6.26. The number of methoxy groups -OCH3 is 1. The van der Waals surface area contributed by atoms with Crippen LogP contribution in [0.5, 0.6) is 5.75 Å². The maximum atomic E-state index is 12.6. The molecule has 2 aromatic rings. The number of anilines is 2. The van der Waals surface area contributed by atoms with E-state index in [1.54, 1.807) is 37.4 Å². The fourth-order valence-electron chi connectivity index (χ4n) is 3.53. The average molecular weight is 389 g/mol. The predicted molar refractivity (Wildman–Crippen MR) is 110 cm³/mol. The minimum absolute atomic E-state index is 0.224. The summed E-state index contributed by atoms with van der Waals surface area (Å²) in [5.74, 6) is 0.669. The summed E-state index contributed by atoms with van der Waals surface area (Å²) in [7, 11) is -2.06. The Morgan fingerprint density at radius 1 is 0.926 bits per heavy atom. The Labute approximate surface area is 162 Å². The third kappa shape index (κ3) is 5.16. The van der Waals surface area contributed by atoms with Crippen LogP contribution in [0.25, 0.3) is 0 Å². The van der Waals surface area contributed by atoms with E-state index in [-0.39, 0.29) is 4.90 Å². The Morgan fingerprint density at radius 2 is 1.56 bits per heavy atom. The van der Waals surface area contributed by atoms with Gasteiger partial charge < -0.3 is 10.1 Å². The van der Waals surface area contributed by atoms with Crippen molar-refractivity contribution in [2.45, 2.75) is 56.4 Å². The third-order valence-electron chi connectivity index (χ3n) is 5.04. The van der Waals surface area contributed by atoms with Gasteiger partial charge in [-0.2, -0.15) is 0 Å². The summed E-state index contributed by atoms with van der Waals surface area (Å²) in [5.41, 5.74) is 2.36. The van der Waals surface area contributed by atoms with Crippen LogP contribution >= 0.6 is 0 Å². The van der Waals surface area contributed by atoms with E-state index in [9.17, 15) is 8.42 Å². The standard InChI is InChI=1S/C21H28N2O3S/c1-16-15-20(13-14-21(16)26-2)27(24,25)23-19-11-9-18(10-12-19)22-17-7-5-3-4-6-8-17/h9-15,17,22-23H,3-8H2,1-2H3. The summed E-state index contributed by atoms with van der Waals surface area (Å²) in [6.45, 7) is 1.83. The van der Waals surface area contributed by atoms with Crippen LogP contribution in [0.4, 0.5) is 11.4 Å². The van der Waals surface area contributed by atoms with Gasteiger partial charge in [-0.05, 0) is 67.8 Å². The maximum absolute atomic E-state index is 12.6. The molecule has 5 nitrogen and oxygen atoms in total. The van der Waals surface area contributed by atoms with Gasteiger partial charge in [0.15, 0.2) is 0 Å². The first-order valence-electron chi connectivity index (χ1n) is 9.52. The van der Waals surface area contributed by atoms with Crippen LogP contribution in [0.3, 0.4) is 0 Å². The molecule has 2 aromatic carbocycles. The number of hydrogen-bond acceptors (Lipinski definition) is 4. The van der Waals surface area contributed by atoms with Crippen molar-refractivity contribution in [3.63, 3.8) is 0 Å². The van der Waals surface area contributed by atoms with E-state index in [0.29, 0.717) is 17.5 Å². The first kappa shape index (κ1) is 19.5. The zero-order chi connectivity index (χ0) is 19.3. The molecule has 0 radical (unpaired) electrons. The Hall–Kier alpha value is -2.21. The second-order valence-electron chi connectivity index (χ2n) is 7.15. The quantitative estimate of drug-likeness (QED) is 0.688.